The number of hydrogen-bond acceptors (Lipinski definition) is 10. The maximum absolute atomic E-state index is 13.2. The molecule has 0 aromatic rings. The van der Waals surface area contributed by atoms with Crippen LogP contribution in [0.2, 0.25) is 0 Å². The Kier molecular flexibility index (Phi) is 19.5. The molecule has 0 saturated carbocycles. The number of rotatable bonds is 22. The standard InChI is InChI=1S/C29H52N8O10/c1-7-15(4)23(29(46)47)37-24(41)16(5)33-20(38)13-32-27(44)19(10-8-9-11-30)35-28(45)22(14(2)3)36-25(42)17(6)34-26(43)18(31)12-21(39)40/h14-19,22-23H,7-13,30-31H2,1-6H3,(H,32,44)(H,33,38)(H,34,43)(H,35,45)(H,36,42)(H,37,41)(H,39,40)(H,46,47)/t15-,16-,17-,18-,19-,22-,23-/m0/s1. The number of hydrogen-bond donors (Lipinski definition) is 10. The summed E-state index contributed by atoms with van der Waals surface area (Å²) in [7, 11) is 0. The van der Waals surface area contributed by atoms with Crippen LogP contribution in [0, 0.1) is 11.8 Å². The van der Waals surface area contributed by atoms with Crippen molar-refractivity contribution < 1.29 is 48.6 Å². The van der Waals surface area contributed by atoms with E-state index in [0.29, 0.717) is 25.8 Å². The molecule has 0 bridgehead atoms. The van der Waals surface area contributed by atoms with Crippen molar-refractivity contribution in [3.8, 4) is 0 Å². The second kappa shape index (κ2) is 21.5. The minimum atomic E-state index is -1.39. The number of aliphatic carboxylic acids is 2. The van der Waals surface area contributed by atoms with Gasteiger partial charge >= 0.3 is 11.9 Å². The molecular weight excluding hydrogens is 620 g/mol. The van der Waals surface area contributed by atoms with Crippen LogP contribution < -0.4 is 43.4 Å². The van der Waals surface area contributed by atoms with E-state index in [1.165, 1.54) is 13.8 Å². The zero-order valence-corrected chi connectivity index (χ0v) is 27.9. The molecule has 0 aromatic carbocycles. The Balaban J connectivity index is 5.39. The largest absolute Gasteiger partial charge is 0.481 e. The van der Waals surface area contributed by atoms with Gasteiger partial charge in [0.1, 0.15) is 30.2 Å². The SMILES string of the molecule is CC[C@H](C)[C@H](NC(=O)[C@H](C)NC(=O)CNC(=O)[C@H](CCCCN)NC(=O)[C@@H](NC(=O)[C@H](C)NC(=O)[C@@H](N)CC(=O)O)C(C)C)C(=O)O. The van der Waals surface area contributed by atoms with Crippen molar-refractivity contribution in [1.29, 1.82) is 0 Å². The number of carboxylic acid groups (broad SMARTS) is 2. The van der Waals surface area contributed by atoms with E-state index in [1.807, 2.05) is 0 Å². The first-order chi connectivity index (χ1) is 21.9. The summed E-state index contributed by atoms with van der Waals surface area (Å²) in [6.45, 7) is 9.18. The van der Waals surface area contributed by atoms with Crippen molar-refractivity contribution in [3.05, 3.63) is 0 Å². The minimum absolute atomic E-state index is 0.147. The van der Waals surface area contributed by atoms with Crippen LogP contribution in [0.1, 0.15) is 73.6 Å². The lowest BCUT2D eigenvalue weighted by Gasteiger charge is -2.27. The van der Waals surface area contributed by atoms with Gasteiger partial charge in [0.05, 0.1) is 19.0 Å². The normalized spacial score (nSPS) is 15.4. The highest BCUT2D eigenvalue weighted by Gasteiger charge is 2.31. The van der Waals surface area contributed by atoms with E-state index in [4.69, 9.17) is 16.6 Å². The third-order valence-corrected chi connectivity index (χ3v) is 7.28. The molecule has 268 valence electrons. The highest BCUT2D eigenvalue weighted by Crippen LogP contribution is 2.09. The average Bonchev–Trinajstić information content (AvgIpc) is 2.99. The maximum Gasteiger partial charge on any atom is 0.326 e. The van der Waals surface area contributed by atoms with Crippen LogP contribution in [0.5, 0.6) is 0 Å². The van der Waals surface area contributed by atoms with Gasteiger partial charge in [0.25, 0.3) is 0 Å². The van der Waals surface area contributed by atoms with Gasteiger partial charge in [-0.3, -0.25) is 33.6 Å². The molecule has 18 heteroatoms. The van der Waals surface area contributed by atoms with E-state index in [0.717, 1.165) is 0 Å². The fraction of sp³-hybridized carbons (Fsp3) is 0.724. The Morgan fingerprint density at radius 2 is 1.23 bits per heavy atom. The van der Waals surface area contributed by atoms with Crippen LogP contribution in [0.3, 0.4) is 0 Å². The van der Waals surface area contributed by atoms with Crippen molar-refractivity contribution >= 4 is 47.4 Å². The average molecular weight is 673 g/mol. The summed E-state index contributed by atoms with van der Waals surface area (Å²) in [5, 5.41) is 32.8. The molecule has 0 unspecified atom stereocenters. The lowest BCUT2D eigenvalue weighted by molar-refractivity contribution is -0.143. The Labute approximate surface area is 274 Å². The lowest BCUT2D eigenvalue weighted by atomic mass is 9.99. The molecular formula is C29H52N8O10. The first-order valence-electron chi connectivity index (χ1n) is 15.5. The molecule has 0 saturated heterocycles. The molecule has 0 rings (SSSR count). The highest BCUT2D eigenvalue weighted by atomic mass is 16.4. The number of carbonyl (C=O) groups excluding carboxylic acids is 6. The summed E-state index contributed by atoms with van der Waals surface area (Å²) in [4.78, 5) is 98.4. The fourth-order valence-corrected chi connectivity index (χ4v) is 4.11. The van der Waals surface area contributed by atoms with Gasteiger partial charge in [-0.25, -0.2) is 4.79 Å². The molecule has 7 atom stereocenters. The van der Waals surface area contributed by atoms with Crippen LogP contribution in [-0.4, -0.2) is 107 Å². The first kappa shape index (κ1) is 42.7. The van der Waals surface area contributed by atoms with Gasteiger partial charge in [-0.05, 0) is 51.5 Å². The van der Waals surface area contributed by atoms with Crippen LogP contribution >= 0.6 is 0 Å². The van der Waals surface area contributed by atoms with Gasteiger partial charge < -0.3 is 53.6 Å². The molecule has 0 aromatic heterocycles. The highest BCUT2D eigenvalue weighted by molar-refractivity contribution is 5.96. The molecule has 0 fully saturated rings. The predicted molar refractivity (Wildman–Crippen MR) is 169 cm³/mol. The van der Waals surface area contributed by atoms with Crippen molar-refractivity contribution in [3.63, 3.8) is 0 Å². The van der Waals surface area contributed by atoms with E-state index in [9.17, 15) is 43.5 Å². The van der Waals surface area contributed by atoms with E-state index >= 15 is 0 Å². The maximum atomic E-state index is 13.2. The molecule has 0 aliphatic rings. The van der Waals surface area contributed by atoms with Crippen LogP contribution in [0.25, 0.3) is 0 Å². The lowest BCUT2D eigenvalue weighted by Crippen LogP contribution is -2.59. The first-order valence-corrected chi connectivity index (χ1v) is 15.5. The van der Waals surface area contributed by atoms with Gasteiger partial charge in [-0.2, -0.15) is 0 Å². The van der Waals surface area contributed by atoms with Crippen molar-refractivity contribution in [2.45, 2.75) is 110 Å². The van der Waals surface area contributed by atoms with Gasteiger partial charge in [-0.1, -0.05) is 34.1 Å². The molecule has 18 nitrogen and oxygen atoms in total. The summed E-state index contributed by atoms with van der Waals surface area (Å²) >= 11 is 0. The second-order valence-corrected chi connectivity index (χ2v) is 11.7. The molecule has 6 amide bonds. The van der Waals surface area contributed by atoms with Gasteiger partial charge in [0, 0.05) is 0 Å². The molecule has 0 spiro atoms. The molecule has 0 aliphatic heterocycles. The molecule has 12 N–H and O–H groups in total. The quantitative estimate of drug-likeness (QED) is 0.0525. The smallest absolute Gasteiger partial charge is 0.326 e. The predicted octanol–water partition coefficient (Wildman–Crippen LogP) is -2.72. The van der Waals surface area contributed by atoms with E-state index in [2.05, 4.69) is 31.9 Å². The van der Waals surface area contributed by atoms with Crippen LogP contribution in [0.15, 0.2) is 0 Å². The third-order valence-electron chi connectivity index (χ3n) is 7.28. The van der Waals surface area contributed by atoms with Gasteiger partial charge in [0.15, 0.2) is 0 Å². The van der Waals surface area contributed by atoms with Crippen LogP contribution in [0.4, 0.5) is 0 Å². The number of nitrogens with one attached hydrogen (secondary N) is 6. The monoisotopic (exact) mass is 672 g/mol. The van der Waals surface area contributed by atoms with Gasteiger partial charge in [0.2, 0.25) is 35.4 Å². The van der Waals surface area contributed by atoms with Crippen molar-refractivity contribution in [2.75, 3.05) is 13.1 Å². The molecule has 47 heavy (non-hydrogen) atoms. The third kappa shape index (κ3) is 16.2. The summed E-state index contributed by atoms with van der Waals surface area (Å²) in [6.07, 6.45) is 0.977. The minimum Gasteiger partial charge on any atom is -0.481 e. The van der Waals surface area contributed by atoms with Crippen LogP contribution in [-0.2, 0) is 38.4 Å². The number of carboxylic acids is 2. The Hall–Kier alpha value is -4.32. The van der Waals surface area contributed by atoms with Gasteiger partial charge in [-0.15, -0.1) is 0 Å². The molecule has 0 heterocycles. The van der Waals surface area contributed by atoms with Crippen molar-refractivity contribution in [1.82, 2.24) is 31.9 Å². The van der Waals surface area contributed by atoms with E-state index in [-0.39, 0.29) is 12.3 Å². The number of amides is 6. The Morgan fingerprint density at radius 1 is 0.681 bits per heavy atom. The summed E-state index contributed by atoms with van der Waals surface area (Å²) in [6, 6.07) is -7.09. The zero-order valence-electron chi connectivity index (χ0n) is 27.9. The van der Waals surface area contributed by atoms with E-state index in [1.54, 1.807) is 27.7 Å². The molecule has 0 radical (unpaired) electrons. The Morgan fingerprint density at radius 3 is 1.72 bits per heavy atom. The molecule has 0 aliphatic carbocycles. The topological polar surface area (TPSA) is 301 Å². The summed E-state index contributed by atoms with van der Waals surface area (Å²) in [5.74, 6) is -7.84. The number of unbranched alkanes of at least 4 members (excludes halogenated alkanes) is 1. The fourth-order valence-electron chi connectivity index (χ4n) is 4.11. The van der Waals surface area contributed by atoms with E-state index < -0.39 is 103 Å². The zero-order chi connectivity index (χ0) is 36.4. The second-order valence-electron chi connectivity index (χ2n) is 11.7. The Bertz CT molecular complexity index is 1120. The summed E-state index contributed by atoms with van der Waals surface area (Å²) < 4.78 is 0. The van der Waals surface area contributed by atoms with Crippen molar-refractivity contribution in [2.24, 2.45) is 23.3 Å². The number of carbonyl (C=O) groups is 8. The number of nitrogens with two attached hydrogens (primary N) is 2. The summed E-state index contributed by atoms with van der Waals surface area (Å²) in [5.41, 5.74) is 11.1.